The third kappa shape index (κ3) is 4.55. The smallest absolute Gasteiger partial charge is 0.227 e. The van der Waals surface area contributed by atoms with Gasteiger partial charge in [-0.15, -0.1) is 0 Å². The van der Waals surface area contributed by atoms with Gasteiger partial charge in [0.15, 0.2) is 0 Å². The molecule has 1 amide bonds. The lowest BCUT2D eigenvalue weighted by Gasteiger charge is -2.18. The summed E-state index contributed by atoms with van der Waals surface area (Å²) in [4.78, 5) is 11.7. The number of carbonyl (C=O) groups excluding carboxylic acids is 1. The highest BCUT2D eigenvalue weighted by Crippen LogP contribution is 2.30. The van der Waals surface area contributed by atoms with Gasteiger partial charge in [-0.05, 0) is 49.9 Å². The van der Waals surface area contributed by atoms with Crippen LogP contribution >= 0.6 is 0 Å². The van der Waals surface area contributed by atoms with Crippen LogP contribution in [0.25, 0.3) is 0 Å². The predicted octanol–water partition coefficient (Wildman–Crippen LogP) is 4.42. The Labute approximate surface area is 122 Å². The molecule has 1 aliphatic carbocycles. The Bertz CT molecular complexity index is 423. The number of benzene rings is 1. The third-order valence-electron chi connectivity index (χ3n) is 3.87. The summed E-state index contributed by atoms with van der Waals surface area (Å²) in [6.07, 6.45) is 6.95. The average Bonchev–Trinajstić information content (AvgIpc) is 3.30. The van der Waals surface area contributed by atoms with Crippen molar-refractivity contribution in [1.29, 1.82) is 0 Å². The largest absolute Gasteiger partial charge is 0.382 e. The van der Waals surface area contributed by atoms with Crippen LogP contribution in [0, 0.1) is 5.92 Å². The average molecular weight is 274 g/mol. The van der Waals surface area contributed by atoms with Gasteiger partial charge in [-0.1, -0.05) is 26.7 Å². The second-order valence-electron chi connectivity index (χ2n) is 5.73. The maximum Gasteiger partial charge on any atom is 0.227 e. The van der Waals surface area contributed by atoms with Crippen LogP contribution in [0.3, 0.4) is 0 Å². The molecule has 1 unspecified atom stereocenters. The van der Waals surface area contributed by atoms with Crippen molar-refractivity contribution in [3.05, 3.63) is 24.3 Å². The van der Waals surface area contributed by atoms with E-state index in [-0.39, 0.29) is 11.8 Å². The highest BCUT2D eigenvalue weighted by Gasteiger charge is 2.29. The summed E-state index contributed by atoms with van der Waals surface area (Å²) in [5.74, 6) is 0.423. The van der Waals surface area contributed by atoms with Crippen LogP contribution in [0.4, 0.5) is 11.4 Å². The molecule has 1 aromatic rings. The number of carbonyl (C=O) groups is 1. The summed E-state index contributed by atoms with van der Waals surface area (Å²) in [5, 5.41) is 6.53. The molecule has 0 aliphatic heterocycles. The van der Waals surface area contributed by atoms with Crippen molar-refractivity contribution in [2.75, 3.05) is 10.6 Å². The molecule has 0 heterocycles. The zero-order valence-electron chi connectivity index (χ0n) is 12.6. The maximum atomic E-state index is 11.7. The van der Waals surface area contributed by atoms with Crippen LogP contribution in [0.1, 0.15) is 52.4 Å². The quantitative estimate of drug-likeness (QED) is 0.737. The molecule has 0 aromatic heterocycles. The molecular formula is C17H26N2O. The van der Waals surface area contributed by atoms with E-state index in [0.717, 1.165) is 30.6 Å². The molecule has 110 valence electrons. The summed E-state index contributed by atoms with van der Waals surface area (Å²) in [5.41, 5.74) is 2.03. The van der Waals surface area contributed by atoms with Crippen molar-refractivity contribution in [3.8, 4) is 0 Å². The second kappa shape index (κ2) is 7.32. The van der Waals surface area contributed by atoms with Crippen LogP contribution in [0.5, 0.6) is 0 Å². The fraction of sp³-hybridized carbons (Fsp3) is 0.588. The minimum absolute atomic E-state index is 0.167. The zero-order chi connectivity index (χ0) is 14.4. The topological polar surface area (TPSA) is 41.1 Å². The van der Waals surface area contributed by atoms with Crippen molar-refractivity contribution in [2.45, 2.75) is 58.4 Å². The lowest BCUT2D eigenvalue weighted by atomic mass is 10.1. The second-order valence-corrected chi connectivity index (χ2v) is 5.73. The zero-order valence-corrected chi connectivity index (χ0v) is 12.6. The Hall–Kier alpha value is -1.51. The minimum Gasteiger partial charge on any atom is -0.382 e. The summed E-state index contributed by atoms with van der Waals surface area (Å²) >= 11 is 0. The highest BCUT2D eigenvalue weighted by molar-refractivity contribution is 5.94. The van der Waals surface area contributed by atoms with Crippen LogP contribution < -0.4 is 10.6 Å². The van der Waals surface area contributed by atoms with Gasteiger partial charge in [0.05, 0.1) is 0 Å². The molecule has 0 saturated heterocycles. The summed E-state index contributed by atoms with van der Waals surface area (Å²) < 4.78 is 0. The van der Waals surface area contributed by atoms with E-state index in [0.29, 0.717) is 6.04 Å². The van der Waals surface area contributed by atoms with Crippen molar-refractivity contribution in [1.82, 2.24) is 0 Å². The van der Waals surface area contributed by atoms with E-state index in [9.17, 15) is 4.79 Å². The van der Waals surface area contributed by atoms with E-state index < -0.39 is 0 Å². The lowest BCUT2D eigenvalue weighted by Crippen LogP contribution is -2.18. The van der Waals surface area contributed by atoms with Gasteiger partial charge in [0, 0.05) is 23.3 Å². The van der Waals surface area contributed by atoms with Gasteiger partial charge in [0.25, 0.3) is 0 Å². The number of amides is 1. The van der Waals surface area contributed by atoms with Gasteiger partial charge in [-0.2, -0.15) is 0 Å². The van der Waals surface area contributed by atoms with Crippen molar-refractivity contribution in [2.24, 2.45) is 5.92 Å². The summed E-state index contributed by atoms with van der Waals surface area (Å²) in [6.45, 7) is 4.45. The van der Waals surface area contributed by atoms with Crippen LogP contribution in [0.15, 0.2) is 24.3 Å². The van der Waals surface area contributed by atoms with E-state index in [1.54, 1.807) is 0 Å². The third-order valence-corrected chi connectivity index (χ3v) is 3.87. The Kier molecular flexibility index (Phi) is 5.45. The molecule has 0 radical (unpaired) electrons. The Balaban J connectivity index is 1.84. The van der Waals surface area contributed by atoms with Gasteiger partial charge in [-0.3, -0.25) is 4.79 Å². The molecule has 1 saturated carbocycles. The maximum absolute atomic E-state index is 11.7. The van der Waals surface area contributed by atoms with E-state index in [1.807, 2.05) is 12.1 Å². The van der Waals surface area contributed by atoms with Crippen molar-refractivity contribution >= 4 is 17.3 Å². The molecule has 1 atom stereocenters. The van der Waals surface area contributed by atoms with Crippen molar-refractivity contribution < 1.29 is 4.79 Å². The van der Waals surface area contributed by atoms with Gasteiger partial charge >= 0.3 is 0 Å². The Morgan fingerprint density at radius 2 is 1.85 bits per heavy atom. The highest BCUT2D eigenvalue weighted by atomic mass is 16.2. The standard InChI is InChI=1S/C17H26N2O/c1-3-5-6-14(4-2)18-15-9-11-16(12-10-15)19-17(20)13-7-8-13/h9-14,18H,3-8H2,1-2H3,(H,19,20). The molecule has 20 heavy (non-hydrogen) atoms. The van der Waals surface area contributed by atoms with Gasteiger partial charge in [0.1, 0.15) is 0 Å². The van der Waals surface area contributed by atoms with E-state index >= 15 is 0 Å². The van der Waals surface area contributed by atoms with E-state index in [2.05, 4.69) is 36.6 Å². The fourth-order valence-corrected chi connectivity index (χ4v) is 2.30. The molecule has 3 nitrogen and oxygen atoms in total. The monoisotopic (exact) mass is 274 g/mol. The number of hydrogen-bond donors (Lipinski definition) is 2. The first kappa shape index (κ1) is 14.9. The van der Waals surface area contributed by atoms with Crippen LogP contribution in [-0.4, -0.2) is 11.9 Å². The number of rotatable bonds is 8. The SMILES string of the molecule is CCCCC(CC)Nc1ccc(NC(=O)C2CC2)cc1. The predicted molar refractivity (Wildman–Crippen MR) is 85.0 cm³/mol. The fourth-order valence-electron chi connectivity index (χ4n) is 2.30. The molecule has 1 fully saturated rings. The van der Waals surface area contributed by atoms with Crippen molar-refractivity contribution in [3.63, 3.8) is 0 Å². The Morgan fingerprint density at radius 3 is 2.40 bits per heavy atom. The molecule has 3 heteroatoms. The molecule has 0 bridgehead atoms. The number of nitrogens with one attached hydrogen (secondary N) is 2. The van der Waals surface area contributed by atoms with Gasteiger partial charge in [-0.25, -0.2) is 0 Å². The summed E-state index contributed by atoms with van der Waals surface area (Å²) in [6, 6.07) is 8.61. The molecular weight excluding hydrogens is 248 g/mol. The first-order chi connectivity index (χ1) is 9.72. The number of hydrogen-bond acceptors (Lipinski definition) is 2. The normalized spacial score (nSPS) is 15.7. The number of unbranched alkanes of at least 4 members (excludes halogenated alkanes) is 1. The van der Waals surface area contributed by atoms with Crippen LogP contribution in [-0.2, 0) is 4.79 Å². The molecule has 1 aliphatic rings. The van der Waals surface area contributed by atoms with E-state index in [4.69, 9.17) is 0 Å². The van der Waals surface area contributed by atoms with Gasteiger partial charge < -0.3 is 10.6 Å². The van der Waals surface area contributed by atoms with Crippen LogP contribution in [0.2, 0.25) is 0 Å². The first-order valence-corrected chi connectivity index (χ1v) is 7.90. The number of anilines is 2. The first-order valence-electron chi connectivity index (χ1n) is 7.90. The van der Waals surface area contributed by atoms with E-state index in [1.165, 1.54) is 19.3 Å². The van der Waals surface area contributed by atoms with Gasteiger partial charge in [0.2, 0.25) is 5.91 Å². The molecule has 2 N–H and O–H groups in total. The molecule has 0 spiro atoms. The summed E-state index contributed by atoms with van der Waals surface area (Å²) in [7, 11) is 0. The lowest BCUT2D eigenvalue weighted by molar-refractivity contribution is -0.117. The minimum atomic E-state index is 0.167. The molecule has 2 rings (SSSR count). The Morgan fingerprint density at radius 1 is 1.20 bits per heavy atom. The molecule has 1 aromatic carbocycles.